The zero-order valence-electron chi connectivity index (χ0n) is 13.7. The van der Waals surface area contributed by atoms with Gasteiger partial charge in [-0.1, -0.05) is 25.7 Å². The molecule has 0 amide bonds. The average molecular weight is 278 g/mol. The van der Waals surface area contributed by atoms with Gasteiger partial charge in [-0.2, -0.15) is 0 Å². The van der Waals surface area contributed by atoms with Gasteiger partial charge in [0.05, 0.1) is 0 Å². The smallest absolute Gasteiger partial charge is 0.00923 e. The second-order valence-electron chi connectivity index (χ2n) is 8.06. The van der Waals surface area contributed by atoms with Gasteiger partial charge in [-0.05, 0) is 63.8 Å². The molecule has 2 heteroatoms. The van der Waals surface area contributed by atoms with Gasteiger partial charge in [0.25, 0.3) is 0 Å². The molecule has 0 aliphatic heterocycles. The second kappa shape index (κ2) is 6.36. The quantitative estimate of drug-likeness (QED) is 0.712. The summed E-state index contributed by atoms with van der Waals surface area (Å²) in [6.07, 6.45) is 14.5. The highest BCUT2D eigenvalue weighted by Crippen LogP contribution is 2.39. The molecule has 1 atom stereocenters. The zero-order chi connectivity index (χ0) is 14.0. The molecule has 3 rings (SSSR count). The maximum absolute atomic E-state index is 3.86. The Kier molecular flexibility index (Phi) is 4.72. The molecule has 2 nitrogen and oxygen atoms in total. The predicted molar refractivity (Wildman–Crippen MR) is 86.0 cm³/mol. The summed E-state index contributed by atoms with van der Waals surface area (Å²) in [6, 6.07) is 1.66. The molecule has 3 fully saturated rings. The van der Waals surface area contributed by atoms with Gasteiger partial charge in [-0.25, -0.2) is 0 Å². The number of rotatable bonds is 7. The summed E-state index contributed by atoms with van der Waals surface area (Å²) in [5.41, 5.74) is 0.566. The van der Waals surface area contributed by atoms with E-state index >= 15 is 0 Å². The van der Waals surface area contributed by atoms with Crippen LogP contribution in [0.25, 0.3) is 0 Å². The normalized spacial score (nSPS) is 28.4. The first-order valence-corrected chi connectivity index (χ1v) is 9.12. The van der Waals surface area contributed by atoms with Crippen molar-refractivity contribution >= 4 is 0 Å². The van der Waals surface area contributed by atoms with Gasteiger partial charge in [-0.3, -0.25) is 0 Å². The van der Waals surface area contributed by atoms with Gasteiger partial charge in [-0.15, -0.1) is 0 Å². The van der Waals surface area contributed by atoms with Crippen molar-refractivity contribution in [1.29, 1.82) is 0 Å². The first kappa shape index (κ1) is 14.8. The highest BCUT2D eigenvalue weighted by molar-refractivity contribution is 4.93. The van der Waals surface area contributed by atoms with Crippen LogP contribution in [0.5, 0.6) is 0 Å². The van der Waals surface area contributed by atoms with Crippen LogP contribution < -0.4 is 5.32 Å². The molecule has 0 heterocycles. The molecule has 0 aromatic carbocycles. The first-order chi connectivity index (χ1) is 9.69. The largest absolute Gasteiger partial charge is 0.313 e. The average Bonchev–Trinajstić information content (AvgIpc) is 3.32. The van der Waals surface area contributed by atoms with Gasteiger partial charge in [0.2, 0.25) is 0 Å². The number of nitrogens with one attached hydrogen (secondary N) is 1. The lowest BCUT2D eigenvalue weighted by atomic mass is 9.79. The third kappa shape index (κ3) is 3.98. The Morgan fingerprint density at radius 1 is 1.05 bits per heavy atom. The predicted octanol–water partition coefficient (Wildman–Crippen LogP) is 3.81. The van der Waals surface area contributed by atoms with Gasteiger partial charge in [0.15, 0.2) is 0 Å². The Bertz CT molecular complexity index is 299. The molecule has 1 N–H and O–H groups in total. The molecule has 116 valence electrons. The third-order valence-corrected chi connectivity index (χ3v) is 6.09. The maximum Gasteiger partial charge on any atom is 0.00923 e. The lowest BCUT2D eigenvalue weighted by molar-refractivity contribution is 0.112. The van der Waals surface area contributed by atoms with Crippen LogP contribution in [-0.2, 0) is 0 Å². The Hall–Kier alpha value is -0.0800. The maximum atomic E-state index is 3.86. The summed E-state index contributed by atoms with van der Waals surface area (Å²) in [5.74, 6) is 0.999. The topological polar surface area (TPSA) is 15.3 Å². The van der Waals surface area contributed by atoms with Crippen molar-refractivity contribution in [1.82, 2.24) is 10.2 Å². The molecule has 0 aromatic rings. The summed E-state index contributed by atoms with van der Waals surface area (Å²) < 4.78 is 0. The molecule has 0 radical (unpaired) electrons. The van der Waals surface area contributed by atoms with Crippen molar-refractivity contribution in [3.05, 3.63) is 0 Å². The van der Waals surface area contributed by atoms with Crippen LogP contribution >= 0.6 is 0 Å². The van der Waals surface area contributed by atoms with Crippen molar-refractivity contribution < 1.29 is 0 Å². The van der Waals surface area contributed by atoms with Crippen molar-refractivity contribution in [2.75, 3.05) is 20.1 Å². The van der Waals surface area contributed by atoms with E-state index in [0.717, 1.165) is 18.0 Å². The fraction of sp³-hybridized carbons (Fsp3) is 1.00. The molecule has 0 saturated heterocycles. The summed E-state index contributed by atoms with van der Waals surface area (Å²) in [6.45, 7) is 5.06. The second-order valence-corrected chi connectivity index (χ2v) is 8.06. The van der Waals surface area contributed by atoms with Crippen LogP contribution in [0.2, 0.25) is 0 Å². The molecule has 3 aliphatic carbocycles. The van der Waals surface area contributed by atoms with E-state index < -0.39 is 0 Å². The van der Waals surface area contributed by atoms with E-state index in [1.54, 1.807) is 0 Å². The van der Waals surface area contributed by atoms with Crippen LogP contribution in [-0.4, -0.2) is 37.1 Å². The fourth-order valence-corrected chi connectivity index (χ4v) is 4.13. The Morgan fingerprint density at radius 2 is 1.70 bits per heavy atom. The van der Waals surface area contributed by atoms with Crippen LogP contribution in [0.4, 0.5) is 0 Å². The first-order valence-electron chi connectivity index (χ1n) is 9.12. The molecule has 0 spiro atoms. The van der Waals surface area contributed by atoms with E-state index in [1.165, 1.54) is 77.3 Å². The minimum atomic E-state index is 0.566. The molecule has 1 unspecified atom stereocenters. The third-order valence-electron chi connectivity index (χ3n) is 6.09. The lowest BCUT2D eigenvalue weighted by Gasteiger charge is -2.39. The van der Waals surface area contributed by atoms with Crippen LogP contribution in [0, 0.1) is 11.3 Å². The monoisotopic (exact) mass is 278 g/mol. The molecule has 3 saturated carbocycles. The van der Waals surface area contributed by atoms with E-state index in [0.29, 0.717) is 5.41 Å². The van der Waals surface area contributed by atoms with Crippen LogP contribution in [0.1, 0.15) is 71.1 Å². The summed E-state index contributed by atoms with van der Waals surface area (Å²) in [4.78, 5) is 2.69. The van der Waals surface area contributed by atoms with Crippen molar-refractivity contribution in [2.45, 2.75) is 83.2 Å². The number of hydrogen-bond donors (Lipinski definition) is 1. The standard InChI is InChI=1S/C18H34N2/c1-15(16-7-8-16)20(2)14-18(13-19-17-9-10-17)11-5-3-4-6-12-18/h15-17,19H,3-14H2,1-2H3. The SMILES string of the molecule is CC(C1CC1)N(C)CC1(CNC2CC2)CCCCCC1. The number of hydrogen-bond acceptors (Lipinski definition) is 2. The highest BCUT2D eigenvalue weighted by Gasteiger charge is 2.37. The van der Waals surface area contributed by atoms with Gasteiger partial charge in [0, 0.05) is 25.2 Å². The van der Waals surface area contributed by atoms with Crippen LogP contribution in [0.3, 0.4) is 0 Å². The van der Waals surface area contributed by atoms with Gasteiger partial charge >= 0.3 is 0 Å². The van der Waals surface area contributed by atoms with E-state index in [1.807, 2.05) is 0 Å². The van der Waals surface area contributed by atoms with E-state index in [2.05, 4.69) is 24.2 Å². The summed E-state index contributed by atoms with van der Waals surface area (Å²) in [7, 11) is 2.38. The molecular weight excluding hydrogens is 244 g/mol. The van der Waals surface area contributed by atoms with E-state index in [-0.39, 0.29) is 0 Å². The molecular formula is C18H34N2. The molecule has 0 bridgehead atoms. The number of nitrogens with zero attached hydrogens (tertiary/aromatic N) is 1. The fourth-order valence-electron chi connectivity index (χ4n) is 4.13. The Balaban J connectivity index is 1.59. The molecule has 20 heavy (non-hydrogen) atoms. The Labute approximate surface area is 125 Å². The van der Waals surface area contributed by atoms with E-state index in [9.17, 15) is 0 Å². The van der Waals surface area contributed by atoms with E-state index in [4.69, 9.17) is 0 Å². The minimum absolute atomic E-state index is 0.566. The molecule has 3 aliphatic rings. The zero-order valence-corrected chi connectivity index (χ0v) is 13.7. The van der Waals surface area contributed by atoms with Crippen LogP contribution in [0.15, 0.2) is 0 Å². The van der Waals surface area contributed by atoms with Crippen molar-refractivity contribution in [3.63, 3.8) is 0 Å². The lowest BCUT2D eigenvalue weighted by Crippen LogP contribution is -2.46. The highest BCUT2D eigenvalue weighted by atomic mass is 15.1. The minimum Gasteiger partial charge on any atom is -0.313 e. The van der Waals surface area contributed by atoms with Gasteiger partial charge in [0.1, 0.15) is 0 Å². The van der Waals surface area contributed by atoms with Crippen molar-refractivity contribution in [3.8, 4) is 0 Å². The van der Waals surface area contributed by atoms with Crippen molar-refractivity contribution in [2.24, 2.45) is 11.3 Å². The summed E-state index contributed by atoms with van der Waals surface area (Å²) in [5, 5.41) is 3.86. The van der Waals surface area contributed by atoms with Gasteiger partial charge < -0.3 is 10.2 Å². The summed E-state index contributed by atoms with van der Waals surface area (Å²) >= 11 is 0. The Morgan fingerprint density at radius 3 is 2.25 bits per heavy atom. The molecule has 0 aromatic heterocycles.